The van der Waals surface area contributed by atoms with E-state index in [-0.39, 0.29) is 0 Å². The van der Waals surface area contributed by atoms with Gasteiger partial charge < -0.3 is 4.57 Å². The summed E-state index contributed by atoms with van der Waals surface area (Å²) in [6.45, 7) is 4.87. The Hall–Kier alpha value is -1.28. The molecule has 0 aliphatic rings. The summed E-state index contributed by atoms with van der Waals surface area (Å²) in [6, 6.07) is 7.90. The molecule has 0 radical (unpaired) electrons. The van der Waals surface area contributed by atoms with Crippen LogP contribution in [-0.4, -0.2) is 9.55 Å². The van der Waals surface area contributed by atoms with Crippen LogP contribution >= 0.6 is 11.6 Å². The van der Waals surface area contributed by atoms with E-state index in [2.05, 4.69) is 15.7 Å². The second-order valence-electron chi connectivity index (χ2n) is 3.68. The highest BCUT2D eigenvalue weighted by Gasteiger charge is 2.01. The van der Waals surface area contributed by atoms with Crippen LogP contribution in [0.4, 0.5) is 0 Å². The lowest BCUT2D eigenvalue weighted by Gasteiger charge is -2.04. The van der Waals surface area contributed by atoms with E-state index in [1.807, 2.05) is 38.1 Å². The van der Waals surface area contributed by atoms with Gasteiger partial charge in [-0.25, -0.2) is 4.98 Å². The second kappa shape index (κ2) is 4.07. The van der Waals surface area contributed by atoms with Gasteiger partial charge in [-0.15, -0.1) is 0 Å². The number of aromatic nitrogens is 2. The lowest BCUT2D eigenvalue weighted by atomic mass is 10.2. The summed E-state index contributed by atoms with van der Waals surface area (Å²) in [5.41, 5.74) is 2.29. The largest absolute Gasteiger partial charge is 0.330 e. The molecule has 0 atom stereocenters. The first-order valence-electron chi connectivity index (χ1n) is 4.90. The Morgan fingerprint density at radius 3 is 2.40 bits per heavy atom. The van der Waals surface area contributed by atoms with Gasteiger partial charge in [0, 0.05) is 17.8 Å². The summed E-state index contributed by atoms with van der Waals surface area (Å²) < 4.78 is 2.14. The van der Waals surface area contributed by atoms with Crippen LogP contribution in [0.2, 0.25) is 5.02 Å². The van der Waals surface area contributed by atoms with Gasteiger partial charge in [0.25, 0.3) is 0 Å². The summed E-state index contributed by atoms with van der Waals surface area (Å²) in [7, 11) is 0. The zero-order valence-electron chi connectivity index (χ0n) is 8.87. The number of hydrogen-bond donors (Lipinski definition) is 0. The molecular weight excluding hydrogens is 208 g/mol. The number of aryl methyl sites for hydroxylation is 2. The van der Waals surface area contributed by atoms with E-state index in [1.54, 1.807) is 0 Å². The van der Waals surface area contributed by atoms with E-state index in [4.69, 9.17) is 11.6 Å². The SMILES string of the molecule is Cc1cn(Cc2ccc(Cl)cc2)c(C)n1. The van der Waals surface area contributed by atoms with Crippen molar-refractivity contribution in [3.63, 3.8) is 0 Å². The first kappa shape index (κ1) is 10.2. The van der Waals surface area contributed by atoms with Crippen molar-refractivity contribution in [3.8, 4) is 0 Å². The number of benzene rings is 1. The maximum atomic E-state index is 5.83. The fraction of sp³-hybridized carbons (Fsp3) is 0.250. The number of halogens is 1. The first-order chi connectivity index (χ1) is 7.15. The number of imidazole rings is 1. The minimum Gasteiger partial charge on any atom is -0.330 e. The van der Waals surface area contributed by atoms with Crippen molar-refractivity contribution in [1.29, 1.82) is 0 Å². The van der Waals surface area contributed by atoms with Crippen molar-refractivity contribution >= 4 is 11.6 Å². The molecule has 0 spiro atoms. The molecule has 1 aromatic heterocycles. The Morgan fingerprint density at radius 2 is 1.87 bits per heavy atom. The molecule has 0 N–H and O–H groups in total. The Labute approximate surface area is 94.5 Å². The van der Waals surface area contributed by atoms with Gasteiger partial charge in [0.1, 0.15) is 5.82 Å². The van der Waals surface area contributed by atoms with Gasteiger partial charge in [-0.2, -0.15) is 0 Å². The molecule has 0 saturated carbocycles. The quantitative estimate of drug-likeness (QED) is 0.760. The van der Waals surface area contributed by atoms with Crippen LogP contribution in [0, 0.1) is 13.8 Å². The van der Waals surface area contributed by atoms with Crippen molar-refractivity contribution < 1.29 is 0 Å². The normalized spacial score (nSPS) is 10.6. The minimum absolute atomic E-state index is 0.775. The topological polar surface area (TPSA) is 17.8 Å². The summed E-state index contributed by atoms with van der Waals surface area (Å²) in [4.78, 5) is 4.36. The minimum atomic E-state index is 0.775. The van der Waals surface area contributed by atoms with Crippen LogP contribution in [-0.2, 0) is 6.54 Å². The third kappa shape index (κ3) is 2.39. The van der Waals surface area contributed by atoms with Crippen molar-refractivity contribution in [1.82, 2.24) is 9.55 Å². The highest BCUT2D eigenvalue weighted by Crippen LogP contribution is 2.12. The van der Waals surface area contributed by atoms with Crippen LogP contribution in [0.5, 0.6) is 0 Å². The maximum absolute atomic E-state index is 5.83. The van der Waals surface area contributed by atoms with E-state index in [9.17, 15) is 0 Å². The van der Waals surface area contributed by atoms with Crippen molar-refractivity contribution in [2.45, 2.75) is 20.4 Å². The molecule has 2 rings (SSSR count). The second-order valence-corrected chi connectivity index (χ2v) is 4.12. The van der Waals surface area contributed by atoms with Crippen LogP contribution in [0.25, 0.3) is 0 Å². The summed E-state index contributed by atoms with van der Waals surface area (Å²) in [5, 5.41) is 0.775. The van der Waals surface area contributed by atoms with Gasteiger partial charge in [-0.3, -0.25) is 0 Å². The third-order valence-electron chi connectivity index (χ3n) is 2.36. The van der Waals surface area contributed by atoms with E-state index in [0.717, 1.165) is 23.1 Å². The maximum Gasteiger partial charge on any atom is 0.106 e. The van der Waals surface area contributed by atoms with Crippen molar-refractivity contribution in [3.05, 3.63) is 52.6 Å². The molecule has 0 saturated heterocycles. The summed E-state index contributed by atoms with van der Waals surface area (Å²) in [6.07, 6.45) is 2.06. The van der Waals surface area contributed by atoms with Crippen LogP contribution < -0.4 is 0 Å². The Morgan fingerprint density at radius 1 is 1.20 bits per heavy atom. The molecule has 0 fully saturated rings. The predicted octanol–water partition coefficient (Wildman–Crippen LogP) is 3.20. The molecule has 1 heterocycles. The molecule has 1 aromatic carbocycles. The molecule has 15 heavy (non-hydrogen) atoms. The molecule has 78 valence electrons. The van der Waals surface area contributed by atoms with Gasteiger partial charge in [0.15, 0.2) is 0 Å². The fourth-order valence-corrected chi connectivity index (χ4v) is 1.74. The van der Waals surface area contributed by atoms with Gasteiger partial charge in [0.05, 0.1) is 5.69 Å². The average Bonchev–Trinajstić information content (AvgIpc) is 2.49. The predicted molar refractivity (Wildman–Crippen MR) is 62.3 cm³/mol. The highest BCUT2D eigenvalue weighted by atomic mass is 35.5. The third-order valence-corrected chi connectivity index (χ3v) is 2.61. The van der Waals surface area contributed by atoms with Gasteiger partial charge in [0.2, 0.25) is 0 Å². The number of rotatable bonds is 2. The Balaban J connectivity index is 2.21. The van der Waals surface area contributed by atoms with E-state index in [0.29, 0.717) is 0 Å². The van der Waals surface area contributed by atoms with E-state index < -0.39 is 0 Å². The lowest BCUT2D eigenvalue weighted by Crippen LogP contribution is -2.00. The number of hydrogen-bond acceptors (Lipinski definition) is 1. The van der Waals surface area contributed by atoms with Gasteiger partial charge in [-0.1, -0.05) is 23.7 Å². The molecule has 0 aliphatic heterocycles. The molecule has 3 heteroatoms. The average molecular weight is 221 g/mol. The molecule has 0 aliphatic carbocycles. The standard InChI is InChI=1S/C12H13ClN2/c1-9-7-15(10(2)14-9)8-11-3-5-12(13)6-4-11/h3-7H,8H2,1-2H3. The monoisotopic (exact) mass is 220 g/mol. The first-order valence-corrected chi connectivity index (χ1v) is 5.28. The summed E-state index contributed by atoms with van der Waals surface area (Å²) in [5.74, 6) is 1.04. The van der Waals surface area contributed by atoms with E-state index in [1.165, 1.54) is 5.56 Å². The van der Waals surface area contributed by atoms with E-state index >= 15 is 0 Å². The molecular formula is C12H13ClN2. The molecule has 0 unspecified atom stereocenters. The van der Waals surface area contributed by atoms with Crippen LogP contribution in [0.3, 0.4) is 0 Å². The molecule has 2 nitrogen and oxygen atoms in total. The number of nitrogens with zero attached hydrogens (tertiary/aromatic N) is 2. The molecule has 0 amide bonds. The Kier molecular flexibility index (Phi) is 2.78. The van der Waals surface area contributed by atoms with Crippen LogP contribution in [0.1, 0.15) is 17.1 Å². The lowest BCUT2D eigenvalue weighted by molar-refractivity contribution is 0.761. The van der Waals surface area contributed by atoms with Crippen LogP contribution in [0.15, 0.2) is 30.5 Å². The molecule has 0 bridgehead atoms. The van der Waals surface area contributed by atoms with Gasteiger partial charge in [-0.05, 0) is 31.5 Å². The highest BCUT2D eigenvalue weighted by molar-refractivity contribution is 6.30. The van der Waals surface area contributed by atoms with Crippen molar-refractivity contribution in [2.75, 3.05) is 0 Å². The zero-order valence-corrected chi connectivity index (χ0v) is 9.62. The molecule has 2 aromatic rings. The van der Waals surface area contributed by atoms with Gasteiger partial charge >= 0.3 is 0 Å². The zero-order chi connectivity index (χ0) is 10.8. The summed E-state index contributed by atoms with van der Waals surface area (Å²) >= 11 is 5.83. The fourth-order valence-electron chi connectivity index (χ4n) is 1.61. The smallest absolute Gasteiger partial charge is 0.106 e. The van der Waals surface area contributed by atoms with Crippen molar-refractivity contribution in [2.24, 2.45) is 0 Å². The Bertz CT molecular complexity index is 457.